The van der Waals surface area contributed by atoms with Crippen molar-refractivity contribution in [3.8, 4) is 0 Å². The normalized spacial score (nSPS) is 11.5. The van der Waals surface area contributed by atoms with Crippen molar-refractivity contribution in [3.05, 3.63) is 0 Å². The van der Waals surface area contributed by atoms with Gasteiger partial charge in [0.15, 0.2) is 0 Å². The van der Waals surface area contributed by atoms with E-state index in [-0.39, 0.29) is 51.8 Å². The van der Waals surface area contributed by atoms with Crippen molar-refractivity contribution in [1.29, 1.82) is 0 Å². The Bertz CT molecular complexity index is 223. The topological polar surface area (TPSA) is 126 Å². The van der Waals surface area contributed by atoms with Gasteiger partial charge in [-0.1, -0.05) is 28.0 Å². The van der Waals surface area contributed by atoms with Crippen LogP contribution in [-0.4, -0.2) is 12.3 Å². The predicted molar refractivity (Wildman–Crippen MR) is 43.4 cm³/mol. The Morgan fingerprint density at radius 2 is 0.875 bits per heavy atom. The molecule has 0 N–H and O–H groups in total. The number of hydrogen-bond acceptors (Lipinski definition) is 6. The summed E-state index contributed by atoms with van der Waals surface area (Å²) in [5.74, 6) is 0. The summed E-state index contributed by atoms with van der Waals surface area (Å²) in [6, 6.07) is 0. The second kappa shape index (κ2) is 10.5. The molecule has 0 aromatic rings. The maximum absolute atomic E-state index is 10.2. The molecule has 0 fully saturated rings. The van der Waals surface area contributed by atoms with Crippen LogP contribution in [0.1, 0.15) is 25.7 Å². The van der Waals surface area contributed by atoms with Gasteiger partial charge in [-0.25, -0.2) is 0 Å². The van der Waals surface area contributed by atoms with E-state index in [1.54, 1.807) is 0 Å². The Kier molecular flexibility index (Phi) is 14.9. The van der Waals surface area contributed by atoms with Gasteiger partial charge in [-0.05, 0) is 25.2 Å². The van der Waals surface area contributed by atoms with E-state index in [4.69, 9.17) is 0 Å². The zero-order valence-corrected chi connectivity index (χ0v) is 16.7. The van der Waals surface area contributed by atoms with Crippen molar-refractivity contribution in [3.63, 3.8) is 0 Å². The van der Waals surface area contributed by atoms with Crippen LogP contribution in [0.5, 0.6) is 0 Å². The fourth-order valence-electron chi connectivity index (χ4n) is 0.964. The molecule has 10 heteroatoms. The van der Waals surface area contributed by atoms with Crippen LogP contribution in [-0.2, 0) is 48.1 Å². The molecular weight excluding hydrogens is 361 g/mol. The Hall–Kier alpha value is 1.55. The zero-order valence-electron chi connectivity index (χ0n) is 9.00. The molecule has 0 heterocycles. The minimum Gasteiger partial charge on any atom is -0.811 e. The predicted octanol–water partition coefficient (Wildman–Crippen LogP) is -1.63. The molecule has 0 aliphatic carbocycles. The smallest absolute Gasteiger partial charge is 0.811 e. The Balaban J connectivity index is -0.000000845. The Labute approximate surface area is 120 Å². The number of hydrogen-bond donors (Lipinski definition) is 0. The van der Waals surface area contributed by atoms with Gasteiger partial charge in [-0.3, -0.25) is 0 Å². The largest absolute Gasteiger partial charge is 2.00 e. The molecule has 0 saturated carbocycles. The number of unbranched alkanes of at least 4 members (excludes halogenated alkanes) is 3. The summed E-state index contributed by atoms with van der Waals surface area (Å²) in [6.45, 7) is 0. The van der Waals surface area contributed by atoms with E-state index in [0.29, 0.717) is 12.8 Å². The third-order valence-electron chi connectivity index (χ3n) is 1.61. The van der Waals surface area contributed by atoms with Crippen molar-refractivity contribution in [2.75, 3.05) is 12.3 Å². The third-order valence-corrected chi connectivity index (χ3v) is 3.34. The van der Waals surface area contributed by atoms with E-state index < -0.39 is 27.5 Å². The van der Waals surface area contributed by atoms with E-state index >= 15 is 0 Å². The molecule has 0 spiro atoms. The molecule has 0 radical (unpaired) electrons. The minimum atomic E-state index is -4.43. The minimum absolute atomic E-state index is 0. The maximum atomic E-state index is 10.2. The van der Waals surface area contributed by atoms with Gasteiger partial charge in [0.1, 0.15) is 0 Å². The molecule has 6 nitrogen and oxygen atoms in total. The molecule has 0 aliphatic rings. The SMILES string of the molecule is O=P([O-])([O-])CCCCCCP(=O)([O-])[O-].[Zn+2].[Zn+2]. The fourth-order valence-corrected chi connectivity index (χ4v) is 2.19. The standard InChI is InChI=1S/C6H16O6P2.2Zn/c7-13(8,9)5-3-1-2-4-6-14(10,11)12;;/h1-6H2,(H2,7,8,9)(H2,10,11,12);;/q;2*+2/p-4. The molecule has 0 bridgehead atoms. The average Bonchev–Trinajstić information content (AvgIpc) is 1.92. The monoisotopic (exact) mass is 370 g/mol. The van der Waals surface area contributed by atoms with Crippen LogP contribution < -0.4 is 19.6 Å². The zero-order chi connectivity index (χ0) is 11.2. The summed E-state index contributed by atoms with van der Waals surface area (Å²) >= 11 is 0. The molecule has 16 heavy (non-hydrogen) atoms. The van der Waals surface area contributed by atoms with E-state index in [1.165, 1.54) is 0 Å². The molecule has 0 saturated heterocycles. The van der Waals surface area contributed by atoms with Crippen LogP contribution in [0.3, 0.4) is 0 Å². The van der Waals surface area contributed by atoms with Crippen LogP contribution in [0.15, 0.2) is 0 Å². The second-order valence-corrected chi connectivity index (χ2v) is 6.42. The van der Waals surface area contributed by atoms with Gasteiger partial charge >= 0.3 is 39.0 Å². The van der Waals surface area contributed by atoms with Crippen LogP contribution >= 0.6 is 15.2 Å². The Morgan fingerprint density at radius 3 is 1.06 bits per heavy atom. The summed E-state index contributed by atoms with van der Waals surface area (Å²) in [6.07, 6.45) is 0.556. The molecule has 0 aliphatic heterocycles. The van der Waals surface area contributed by atoms with Crippen molar-refractivity contribution in [1.82, 2.24) is 0 Å². The first-order chi connectivity index (χ1) is 6.21. The first kappa shape index (κ1) is 22.7. The van der Waals surface area contributed by atoms with Crippen LogP contribution in [0.25, 0.3) is 0 Å². The summed E-state index contributed by atoms with van der Waals surface area (Å²) in [4.78, 5) is 40.6. The van der Waals surface area contributed by atoms with E-state index in [0.717, 1.165) is 0 Å². The third kappa shape index (κ3) is 20.9. The van der Waals surface area contributed by atoms with Crippen molar-refractivity contribution >= 4 is 15.2 Å². The van der Waals surface area contributed by atoms with E-state index in [2.05, 4.69) is 0 Å². The van der Waals surface area contributed by atoms with Gasteiger partial charge in [0.2, 0.25) is 0 Å². The molecule has 0 atom stereocenters. The number of rotatable bonds is 7. The van der Waals surface area contributed by atoms with E-state index in [9.17, 15) is 28.7 Å². The maximum Gasteiger partial charge on any atom is 2.00 e. The van der Waals surface area contributed by atoms with Gasteiger partial charge in [-0.15, -0.1) is 0 Å². The quantitative estimate of drug-likeness (QED) is 0.300. The molecule has 0 amide bonds. The molecule has 0 aromatic carbocycles. The van der Waals surface area contributed by atoms with Crippen LogP contribution in [0, 0.1) is 0 Å². The molecular formula is C6H12O6P2Zn2. The van der Waals surface area contributed by atoms with Crippen molar-refractivity contribution in [2.45, 2.75) is 25.7 Å². The summed E-state index contributed by atoms with van der Waals surface area (Å²) < 4.78 is 20.3. The average molecular weight is 373 g/mol. The molecule has 0 unspecified atom stereocenters. The molecule has 86 valence electrons. The van der Waals surface area contributed by atoms with Gasteiger partial charge in [0, 0.05) is 0 Å². The summed E-state index contributed by atoms with van der Waals surface area (Å²) in [5, 5.41) is 0. The van der Waals surface area contributed by atoms with Crippen molar-refractivity contribution < 1.29 is 67.7 Å². The summed E-state index contributed by atoms with van der Waals surface area (Å²) in [7, 11) is -8.85. The summed E-state index contributed by atoms with van der Waals surface area (Å²) in [5.41, 5.74) is 0. The van der Waals surface area contributed by atoms with Gasteiger partial charge < -0.3 is 28.7 Å². The van der Waals surface area contributed by atoms with E-state index in [1.807, 2.05) is 0 Å². The fraction of sp³-hybridized carbons (Fsp3) is 1.00. The molecule has 0 aromatic heterocycles. The van der Waals surface area contributed by atoms with Gasteiger partial charge in [0.05, 0.1) is 0 Å². The Morgan fingerprint density at radius 1 is 0.625 bits per heavy atom. The van der Waals surface area contributed by atoms with Crippen molar-refractivity contribution in [2.24, 2.45) is 0 Å². The van der Waals surface area contributed by atoms with Crippen LogP contribution in [0.2, 0.25) is 0 Å². The molecule has 0 rings (SSSR count). The first-order valence-corrected chi connectivity index (χ1v) is 7.68. The van der Waals surface area contributed by atoms with Gasteiger partial charge in [0.25, 0.3) is 0 Å². The second-order valence-electron chi connectivity index (χ2n) is 3.08. The van der Waals surface area contributed by atoms with Gasteiger partial charge in [-0.2, -0.15) is 0 Å². The van der Waals surface area contributed by atoms with Crippen LogP contribution in [0.4, 0.5) is 0 Å². The first-order valence-electron chi connectivity index (χ1n) is 4.23.